The SMILES string of the molecule is CCN1c2c(cc3c(C)c(C)c(=O)[nH]c3c2C)C(C)C(C)C1C. The molecule has 2 aromatic rings. The molecule has 23 heavy (non-hydrogen) atoms. The molecule has 3 nitrogen and oxygen atoms in total. The zero-order valence-electron chi connectivity index (χ0n) is 15.4. The van der Waals surface area contributed by atoms with E-state index < -0.39 is 0 Å². The van der Waals surface area contributed by atoms with E-state index in [0.29, 0.717) is 17.9 Å². The van der Waals surface area contributed by atoms with Gasteiger partial charge in [0.25, 0.3) is 5.56 Å². The molecule has 3 unspecified atom stereocenters. The Labute approximate surface area is 138 Å². The topological polar surface area (TPSA) is 36.1 Å². The van der Waals surface area contributed by atoms with Crippen molar-refractivity contribution in [3.63, 3.8) is 0 Å². The normalized spacial score (nSPS) is 24.1. The van der Waals surface area contributed by atoms with Crippen LogP contribution >= 0.6 is 0 Å². The number of nitrogens with one attached hydrogen (secondary N) is 1. The summed E-state index contributed by atoms with van der Waals surface area (Å²) in [5, 5.41) is 1.20. The fraction of sp³-hybridized carbons (Fsp3) is 0.550. The summed E-state index contributed by atoms with van der Waals surface area (Å²) in [6, 6.07) is 2.84. The third kappa shape index (κ3) is 2.13. The number of aromatic amines is 1. The molecule has 124 valence electrons. The van der Waals surface area contributed by atoms with Gasteiger partial charge in [-0.1, -0.05) is 13.8 Å². The van der Waals surface area contributed by atoms with E-state index in [0.717, 1.165) is 23.2 Å². The Balaban J connectivity index is 2.44. The Morgan fingerprint density at radius 2 is 1.74 bits per heavy atom. The summed E-state index contributed by atoms with van der Waals surface area (Å²) in [7, 11) is 0. The molecular formula is C20H28N2O. The summed E-state index contributed by atoms with van der Waals surface area (Å²) in [4.78, 5) is 17.9. The average molecular weight is 312 g/mol. The van der Waals surface area contributed by atoms with E-state index in [9.17, 15) is 4.79 Å². The summed E-state index contributed by atoms with van der Waals surface area (Å²) >= 11 is 0. The first-order valence-electron chi connectivity index (χ1n) is 8.72. The number of pyridine rings is 1. The molecule has 3 atom stereocenters. The van der Waals surface area contributed by atoms with Crippen molar-refractivity contribution in [1.29, 1.82) is 0 Å². The number of rotatable bonds is 1. The van der Waals surface area contributed by atoms with Gasteiger partial charge in [-0.05, 0) is 69.2 Å². The highest BCUT2D eigenvalue weighted by molar-refractivity contribution is 5.92. The van der Waals surface area contributed by atoms with Crippen LogP contribution in [0, 0.1) is 26.7 Å². The van der Waals surface area contributed by atoms with Gasteiger partial charge in [-0.25, -0.2) is 0 Å². The zero-order valence-corrected chi connectivity index (χ0v) is 15.4. The van der Waals surface area contributed by atoms with Gasteiger partial charge in [-0.15, -0.1) is 0 Å². The molecule has 3 heteroatoms. The van der Waals surface area contributed by atoms with E-state index >= 15 is 0 Å². The smallest absolute Gasteiger partial charge is 0.251 e. The quantitative estimate of drug-likeness (QED) is 0.846. The first-order chi connectivity index (χ1) is 10.8. The molecule has 3 rings (SSSR count). The molecule has 0 radical (unpaired) electrons. The minimum Gasteiger partial charge on any atom is -0.368 e. The molecule has 1 aromatic carbocycles. The van der Waals surface area contributed by atoms with Gasteiger partial charge in [0.1, 0.15) is 0 Å². The number of hydrogen-bond acceptors (Lipinski definition) is 2. The third-order valence-corrected chi connectivity index (χ3v) is 6.28. The van der Waals surface area contributed by atoms with Crippen LogP contribution < -0.4 is 10.5 Å². The highest BCUT2D eigenvalue weighted by Gasteiger charge is 2.35. The van der Waals surface area contributed by atoms with Crippen molar-refractivity contribution < 1.29 is 0 Å². The van der Waals surface area contributed by atoms with Crippen LogP contribution in [-0.4, -0.2) is 17.6 Å². The third-order valence-electron chi connectivity index (χ3n) is 6.28. The second kappa shape index (κ2) is 5.40. The maximum absolute atomic E-state index is 12.2. The molecular weight excluding hydrogens is 284 g/mol. The van der Waals surface area contributed by atoms with Crippen molar-refractivity contribution in [2.45, 2.75) is 60.4 Å². The zero-order chi connectivity index (χ0) is 17.0. The Morgan fingerprint density at radius 3 is 2.35 bits per heavy atom. The van der Waals surface area contributed by atoms with Gasteiger partial charge >= 0.3 is 0 Å². The number of fused-ring (bicyclic) bond motifs is 2. The Kier molecular flexibility index (Phi) is 3.78. The Bertz CT molecular complexity index is 834. The summed E-state index contributed by atoms with van der Waals surface area (Å²) in [6.07, 6.45) is 0. The van der Waals surface area contributed by atoms with Gasteiger partial charge in [0.05, 0.1) is 5.52 Å². The molecule has 0 amide bonds. The second-order valence-corrected chi connectivity index (χ2v) is 7.24. The molecule has 0 spiro atoms. The second-order valence-electron chi connectivity index (χ2n) is 7.24. The first-order valence-corrected chi connectivity index (χ1v) is 8.72. The van der Waals surface area contributed by atoms with Crippen LogP contribution in [0.2, 0.25) is 0 Å². The molecule has 1 aromatic heterocycles. The van der Waals surface area contributed by atoms with Crippen LogP contribution in [-0.2, 0) is 0 Å². The number of hydrogen-bond donors (Lipinski definition) is 1. The lowest BCUT2D eigenvalue weighted by Crippen LogP contribution is -2.44. The van der Waals surface area contributed by atoms with Crippen LogP contribution in [0.1, 0.15) is 55.9 Å². The first kappa shape index (κ1) is 16.1. The lowest BCUT2D eigenvalue weighted by atomic mass is 9.77. The van der Waals surface area contributed by atoms with E-state index in [1.165, 1.54) is 22.2 Å². The van der Waals surface area contributed by atoms with Gasteiger partial charge < -0.3 is 9.88 Å². The number of H-pyrrole nitrogens is 1. The number of aromatic nitrogens is 1. The summed E-state index contributed by atoms with van der Waals surface area (Å²) in [5.41, 5.74) is 6.94. The predicted octanol–water partition coefficient (Wildman–Crippen LogP) is 4.42. The van der Waals surface area contributed by atoms with Crippen LogP contribution in [0.4, 0.5) is 5.69 Å². The van der Waals surface area contributed by atoms with Crippen LogP contribution in [0.3, 0.4) is 0 Å². The summed E-state index contributed by atoms with van der Waals surface area (Å²) in [6.45, 7) is 16.4. The van der Waals surface area contributed by atoms with Gasteiger partial charge in [0.15, 0.2) is 0 Å². The Morgan fingerprint density at radius 1 is 1.09 bits per heavy atom. The predicted molar refractivity (Wildman–Crippen MR) is 98.8 cm³/mol. The fourth-order valence-corrected chi connectivity index (χ4v) is 4.23. The Hall–Kier alpha value is -1.77. The number of benzene rings is 1. The molecule has 0 aliphatic carbocycles. The monoisotopic (exact) mass is 312 g/mol. The molecule has 2 heterocycles. The maximum Gasteiger partial charge on any atom is 0.251 e. The molecule has 1 aliphatic heterocycles. The molecule has 0 bridgehead atoms. The average Bonchev–Trinajstić information content (AvgIpc) is 2.53. The van der Waals surface area contributed by atoms with E-state index in [1.54, 1.807) is 0 Å². The molecule has 0 saturated heterocycles. The number of anilines is 1. The van der Waals surface area contributed by atoms with Crippen molar-refractivity contribution >= 4 is 16.6 Å². The minimum absolute atomic E-state index is 0.0337. The molecule has 0 fully saturated rings. The standard InChI is InChI=1S/C20H28N2O/c1-8-22-15(7)10(2)11(3)17-9-16-12(4)13(5)20(23)21-18(16)14(6)19(17)22/h9-11,15H,8H2,1-7H3,(H,21,23). The highest BCUT2D eigenvalue weighted by Crippen LogP contribution is 2.45. The van der Waals surface area contributed by atoms with Crippen molar-refractivity contribution in [2.24, 2.45) is 5.92 Å². The van der Waals surface area contributed by atoms with Crippen molar-refractivity contribution in [1.82, 2.24) is 4.98 Å². The van der Waals surface area contributed by atoms with Crippen LogP contribution in [0.5, 0.6) is 0 Å². The van der Waals surface area contributed by atoms with E-state index in [-0.39, 0.29) is 5.56 Å². The fourth-order valence-electron chi connectivity index (χ4n) is 4.23. The lowest BCUT2D eigenvalue weighted by molar-refractivity contribution is 0.375. The number of nitrogens with zero attached hydrogens (tertiary/aromatic N) is 1. The molecule has 1 aliphatic rings. The van der Waals surface area contributed by atoms with Gasteiger partial charge in [0, 0.05) is 29.2 Å². The molecule has 0 saturated carbocycles. The van der Waals surface area contributed by atoms with Crippen molar-refractivity contribution in [3.8, 4) is 0 Å². The largest absolute Gasteiger partial charge is 0.368 e. The van der Waals surface area contributed by atoms with Crippen molar-refractivity contribution in [3.05, 3.63) is 38.7 Å². The van der Waals surface area contributed by atoms with Crippen LogP contribution in [0.25, 0.3) is 10.9 Å². The van der Waals surface area contributed by atoms with E-state index in [2.05, 4.69) is 57.5 Å². The van der Waals surface area contributed by atoms with Gasteiger partial charge in [-0.3, -0.25) is 4.79 Å². The van der Waals surface area contributed by atoms with E-state index in [4.69, 9.17) is 0 Å². The van der Waals surface area contributed by atoms with Gasteiger partial charge in [-0.2, -0.15) is 0 Å². The molecule has 1 N–H and O–H groups in total. The minimum atomic E-state index is 0.0337. The van der Waals surface area contributed by atoms with Gasteiger partial charge in [0.2, 0.25) is 0 Å². The van der Waals surface area contributed by atoms with E-state index in [1.807, 2.05) is 6.92 Å². The highest BCUT2D eigenvalue weighted by atomic mass is 16.1. The van der Waals surface area contributed by atoms with Crippen molar-refractivity contribution in [2.75, 3.05) is 11.4 Å². The number of aryl methyl sites for hydroxylation is 2. The summed E-state index contributed by atoms with van der Waals surface area (Å²) in [5.74, 6) is 1.14. The maximum atomic E-state index is 12.2. The van der Waals surface area contributed by atoms with Crippen LogP contribution in [0.15, 0.2) is 10.9 Å². The lowest BCUT2D eigenvalue weighted by Gasteiger charge is -2.45. The summed E-state index contributed by atoms with van der Waals surface area (Å²) < 4.78 is 0.